The lowest BCUT2D eigenvalue weighted by Crippen LogP contribution is -3.61. The van der Waals surface area contributed by atoms with E-state index in [1.807, 2.05) is 12.1 Å². The molecule has 28 heavy (non-hydrogen) atoms. The first kappa shape index (κ1) is 20.9. The smallest absolute Gasteiger partial charge is 0.357 e. The van der Waals surface area contributed by atoms with Crippen LogP contribution >= 0.6 is 0 Å². The van der Waals surface area contributed by atoms with Gasteiger partial charge in [0, 0.05) is 0 Å². The molecule has 0 amide bonds. The van der Waals surface area contributed by atoms with E-state index in [4.69, 9.17) is 0 Å². The SMILES string of the molecule is Cc1ccc([I+]c2ccc(O)cc2)cc1.c1ccc([I+]c2ccccc2)cc1. The Morgan fingerprint density at radius 1 is 0.464 bits per heavy atom. The molecule has 1 N–H and O–H groups in total. The monoisotopic (exact) mass is 592 g/mol. The molecule has 1 nitrogen and oxygen atoms in total. The minimum Gasteiger partial charge on any atom is -0.508 e. The topological polar surface area (TPSA) is 20.2 Å². The Morgan fingerprint density at radius 3 is 1.25 bits per heavy atom. The van der Waals surface area contributed by atoms with Crippen molar-refractivity contribution in [1.29, 1.82) is 0 Å². The van der Waals surface area contributed by atoms with E-state index in [0.29, 0.717) is 5.75 Å². The van der Waals surface area contributed by atoms with Gasteiger partial charge < -0.3 is 5.11 Å². The highest BCUT2D eigenvalue weighted by atomic mass is 127. The molecule has 4 aromatic carbocycles. The second-order valence-corrected chi connectivity index (χ2v) is 12.1. The Kier molecular flexibility index (Phi) is 8.36. The van der Waals surface area contributed by atoms with Crippen LogP contribution in [-0.2, 0) is 0 Å². The van der Waals surface area contributed by atoms with E-state index in [-0.39, 0.29) is 42.4 Å². The van der Waals surface area contributed by atoms with Gasteiger partial charge in [-0.25, -0.2) is 0 Å². The number of rotatable bonds is 4. The van der Waals surface area contributed by atoms with Gasteiger partial charge in [-0.1, -0.05) is 54.1 Å². The average Bonchev–Trinajstić information content (AvgIpc) is 2.73. The molecule has 0 aliphatic rings. The van der Waals surface area contributed by atoms with E-state index in [1.54, 1.807) is 12.1 Å². The lowest BCUT2D eigenvalue weighted by atomic mass is 10.2. The normalized spacial score (nSPS) is 10.0. The van der Waals surface area contributed by atoms with E-state index >= 15 is 0 Å². The van der Waals surface area contributed by atoms with E-state index in [9.17, 15) is 5.11 Å². The predicted molar refractivity (Wildman–Crippen MR) is 107 cm³/mol. The molecule has 3 heteroatoms. The average molecular weight is 592 g/mol. The lowest BCUT2D eigenvalue weighted by molar-refractivity contribution is -0.597. The number of aromatic hydroxyl groups is 1. The zero-order chi connectivity index (χ0) is 19.6. The number of benzene rings is 4. The van der Waals surface area contributed by atoms with Crippen LogP contribution in [0, 0.1) is 21.2 Å². The molecule has 0 aliphatic carbocycles. The predicted octanol–water partition coefficient (Wildman–Crippen LogP) is -0.356. The van der Waals surface area contributed by atoms with Crippen molar-refractivity contribution >= 4 is 0 Å². The fourth-order valence-electron chi connectivity index (χ4n) is 2.31. The molecule has 0 spiro atoms. The summed E-state index contributed by atoms with van der Waals surface area (Å²) < 4.78 is 5.69. The molecular weight excluding hydrogens is 570 g/mol. The molecule has 0 heterocycles. The van der Waals surface area contributed by atoms with Crippen LogP contribution in [0.3, 0.4) is 0 Å². The van der Waals surface area contributed by atoms with Gasteiger partial charge in [-0.15, -0.1) is 0 Å². The Bertz CT molecular complexity index is 870. The van der Waals surface area contributed by atoms with Crippen LogP contribution in [0.4, 0.5) is 0 Å². The van der Waals surface area contributed by atoms with Gasteiger partial charge in [0.05, 0.1) is 0 Å². The van der Waals surface area contributed by atoms with Gasteiger partial charge in [-0.05, 0) is 67.6 Å². The van der Waals surface area contributed by atoms with Crippen LogP contribution in [0.15, 0.2) is 109 Å². The van der Waals surface area contributed by atoms with Gasteiger partial charge >= 0.3 is 42.4 Å². The van der Waals surface area contributed by atoms with Gasteiger partial charge in [-0.2, -0.15) is 0 Å². The number of aryl methyl sites for hydroxylation is 1. The highest BCUT2D eigenvalue weighted by Gasteiger charge is 2.14. The van der Waals surface area contributed by atoms with Crippen LogP contribution < -0.4 is 42.4 Å². The summed E-state index contributed by atoms with van der Waals surface area (Å²) >= 11 is -0.0793. The maximum atomic E-state index is 9.17. The third-order valence-electron chi connectivity index (χ3n) is 3.74. The number of phenolic OH excluding ortho intramolecular Hbond substituents is 1. The Morgan fingerprint density at radius 2 is 0.821 bits per heavy atom. The molecule has 0 saturated heterocycles. The van der Waals surface area contributed by atoms with Gasteiger partial charge in [-0.3, -0.25) is 0 Å². The molecule has 0 saturated carbocycles. The molecular formula is C25H22I2O+2. The van der Waals surface area contributed by atoms with Crippen LogP contribution in [-0.4, -0.2) is 5.11 Å². The van der Waals surface area contributed by atoms with Crippen LogP contribution in [0.1, 0.15) is 5.56 Å². The van der Waals surface area contributed by atoms with E-state index in [1.165, 1.54) is 19.8 Å². The molecule has 140 valence electrons. The summed E-state index contributed by atoms with van der Waals surface area (Å²) in [6, 6.07) is 37.6. The van der Waals surface area contributed by atoms with Gasteiger partial charge in [0.2, 0.25) is 0 Å². The van der Waals surface area contributed by atoms with Crippen LogP contribution in [0.5, 0.6) is 5.75 Å². The standard InChI is InChI=1S/C13H11IO.C12H10I/c1-10-2-4-11(5-3-10)14-12-6-8-13(15)9-7-12;1-3-7-11(8-4-1)13-12-9-5-2-6-10-12/h2-9H,1H3;1-10H/q;+1/p+1. The second kappa shape index (κ2) is 11.2. The number of hydrogen-bond acceptors (Lipinski definition) is 1. The first-order chi connectivity index (χ1) is 13.7. The van der Waals surface area contributed by atoms with Gasteiger partial charge in [0.1, 0.15) is 5.75 Å². The second-order valence-electron chi connectivity index (χ2n) is 6.05. The van der Waals surface area contributed by atoms with Crippen molar-refractivity contribution in [1.82, 2.24) is 0 Å². The summed E-state index contributed by atoms with van der Waals surface area (Å²) in [5.74, 6) is 0.340. The number of hydrogen-bond donors (Lipinski definition) is 1. The number of phenols is 1. The molecule has 0 atom stereocenters. The molecule has 4 aromatic rings. The zero-order valence-electron chi connectivity index (χ0n) is 15.6. The van der Waals surface area contributed by atoms with Crippen molar-refractivity contribution in [3.8, 4) is 5.75 Å². The van der Waals surface area contributed by atoms with E-state index in [2.05, 4.69) is 91.9 Å². The first-order valence-electron chi connectivity index (χ1n) is 8.94. The fraction of sp³-hybridized carbons (Fsp3) is 0.0400. The minimum absolute atomic E-state index is 0.0287. The third kappa shape index (κ3) is 7.28. The fourth-order valence-corrected chi connectivity index (χ4v) is 6.73. The summed E-state index contributed by atoms with van der Waals surface area (Å²) in [5, 5.41) is 9.17. The zero-order valence-corrected chi connectivity index (χ0v) is 19.9. The molecule has 0 aliphatic heterocycles. The van der Waals surface area contributed by atoms with Crippen molar-refractivity contribution < 1.29 is 47.5 Å². The lowest BCUT2D eigenvalue weighted by Gasteiger charge is -1.90. The van der Waals surface area contributed by atoms with Crippen LogP contribution in [0.2, 0.25) is 0 Å². The van der Waals surface area contributed by atoms with Crippen molar-refractivity contribution in [2.24, 2.45) is 0 Å². The molecule has 0 radical (unpaired) electrons. The quantitative estimate of drug-likeness (QED) is 0.322. The van der Waals surface area contributed by atoms with Crippen molar-refractivity contribution in [3.63, 3.8) is 0 Å². The minimum atomic E-state index is -0.108. The van der Waals surface area contributed by atoms with Crippen molar-refractivity contribution in [3.05, 3.63) is 129 Å². The van der Waals surface area contributed by atoms with Gasteiger partial charge in [0.15, 0.2) is 14.3 Å². The molecule has 0 aromatic heterocycles. The molecule has 0 unspecified atom stereocenters. The summed E-state index contributed by atoms with van der Waals surface area (Å²) in [5.41, 5.74) is 1.30. The maximum Gasteiger partial charge on any atom is 0.357 e. The third-order valence-corrected chi connectivity index (χ3v) is 9.11. The molecule has 0 bridgehead atoms. The molecule has 0 fully saturated rings. The van der Waals surface area contributed by atoms with Gasteiger partial charge in [0.25, 0.3) is 0 Å². The maximum absolute atomic E-state index is 9.17. The van der Waals surface area contributed by atoms with Crippen LogP contribution in [0.25, 0.3) is 0 Å². The van der Waals surface area contributed by atoms with Crippen molar-refractivity contribution in [2.45, 2.75) is 6.92 Å². The van der Waals surface area contributed by atoms with Crippen molar-refractivity contribution in [2.75, 3.05) is 0 Å². The van der Waals surface area contributed by atoms with E-state index < -0.39 is 0 Å². The molecule has 4 rings (SSSR count). The largest absolute Gasteiger partial charge is 0.508 e. The summed E-state index contributed by atoms with van der Waals surface area (Å²) in [6.45, 7) is 2.10. The Balaban J connectivity index is 0.000000162. The highest BCUT2D eigenvalue weighted by Crippen LogP contribution is 2.03. The Labute approximate surface area is 188 Å². The van der Waals surface area contributed by atoms with E-state index in [0.717, 1.165) is 0 Å². The summed E-state index contributed by atoms with van der Waals surface area (Å²) in [4.78, 5) is 0. The summed E-state index contributed by atoms with van der Waals surface area (Å²) in [7, 11) is 0. The first-order valence-corrected chi connectivity index (χ1v) is 13.3. The Hall–Kier alpha value is -1.86. The number of halogens is 2. The highest BCUT2D eigenvalue weighted by molar-refractivity contribution is 5.19. The summed E-state index contributed by atoms with van der Waals surface area (Å²) in [6.07, 6.45) is 0.